The molecule has 0 saturated heterocycles. The fraction of sp³-hybridized carbons (Fsp3) is 0.148. The number of hydrogen-bond acceptors (Lipinski definition) is 0. The van der Waals surface area contributed by atoms with Crippen LogP contribution in [0.5, 0.6) is 0 Å². The molecule has 54 heavy (non-hydrogen) atoms. The SMILES string of the molecule is Cc1ccc(-c2ccc3c(c2)c2cc(C(C)C)cc4c5ccc6c(cc7c8ccc(-c9ccc(C)cc9)cc8c8cc(C(C)C)cc6c87)c5cc3c42)cc1. The molecule has 0 aliphatic carbocycles. The maximum absolute atomic E-state index is 2.53. The summed E-state index contributed by atoms with van der Waals surface area (Å²) in [5.74, 6) is 0.848. The van der Waals surface area contributed by atoms with Crippen LogP contribution in [-0.2, 0) is 0 Å². The fourth-order valence-electron chi connectivity index (χ4n) is 9.56. The predicted molar refractivity (Wildman–Crippen MR) is 237 cm³/mol. The summed E-state index contributed by atoms with van der Waals surface area (Å²) in [6.45, 7) is 13.6. The van der Waals surface area contributed by atoms with Gasteiger partial charge >= 0.3 is 0 Å². The van der Waals surface area contributed by atoms with E-state index in [4.69, 9.17) is 0 Å². The molecular weight excluding hydrogens is 649 g/mol. The highest BCUT2D eigenvalue weighted by molar-refractivity contribution is 6.40. The van der Waals surface area contributed by atoms with E-state index >= 15 is 0 Å². The van der Waals surface area contributed by atoms with Crippen molar-refractivity contribution >= 4 is 86.2 Å². The van der Waals surface area contributed by atoms with Crippen LogP contribution in [0.2, 0.25) is 0 Å². The minimum atomic E-state index is 0.424. The van der Waals surface area contributed by atoms with E-state index in [-0.39, 0.29) is 0 Å². The average molecular weight is 691 g/mol. The third kappa shape index (κ3) is 4.44. The molecule has 0 amide bonds. The van der Waals surface area contributed by atoms with Crippen molar-refractivity contribution in [2.75, 3.05) is 0 Å². The van der Waals surface area contributed by atoms with Gasteiger partial charge in [0.25, 0.3) is 0 Å². The second-order valence-corrected chi connectivity index (χ2v) is 16.6. The third-order valence-electron chi connectivity index (χ3n) is 12.6. The van der Waals surface area contributed by atoms with Crippen LogP contribution < -0.4 is 0 Å². The predicted octanol–water partition coefficient (Wildman–Crippen LogP) is 16.0. The first-order valence-corrected chi connectivity index (χ1v) is 19.6. The molecule has 0 unspecified atom stereocenters. The zero-order chi connectivity index (χ0) is 36.6. The van der Waals surface area contributed by atoms with Crippen LogP contribution in [0, 0.1) is 13.8 Å². The van der Waals surface area contributed by atoms with Crippen molar-refractivity contribution in [1.82, 2.24) is 0 Å². The Hall–Kier alpha value is -5.98. The Bertz CT molecular complexity index is 3080. The third-order valence-corrected chi connectivity index (χ3v) is 12.6. The highest BCUT2D eigenvalue weighted by Crippen LogP contribution is 2.49. The van der Waals surface area contributed by atoms with Gasteiger partial charge in [-0.1, -0.05) is 148 Å². The van der Waals surface area contributed by atoms with Crippen molar-refractivity contribution in [3.8, 4) is 22.3 Å². The van der Waals surface area contributed by atoms with Gasteiger partial charge in [0.1, 0.15) is 0 Å². The van der Waals surface area contributed by atoms with Crippen LogP contribution in [0.4, 0.5) is 0 Å². The Morgan fingerprint density at radius 2 is 0.537 bits per heavy atom. The summed E-state index contributed by atoms with van der Waals surface area (Å²) in [6.07, 6.45) is 0. The van der Waals surface area contributed by atoms with Crippen LogP contribution in [0.3, 0.4) is 0 Å². The summed E-state index contributed by atoms with van der Waals surface area (Å²) in [4.78, 5) is 0. The molecule has 0 aromatic heterocycles. The van der Waals surface area contributed by atoms with Crippen LogP contribution in [0.25, 0.3) is 108 Å². The van der Waals surface area contributed by atoms with Gasteiger partial charge in [-0.2, -0.15) is 0 Å². The lowest BCUT2D eigenvalue weighted by atomic mass is 9.89. The normalized spacial score (nSPS) is 12.6. The second kappa shape index (κ2) is 11.3. The molecule has 0 bridgehead atoms. The van der Waals surface area contributed by atoms with E-state index in [0.29, 0.717) is 11.8 Å². The minimum absolute atomic E-state index is 0.424. The Kier molecular flexibility index (Phi) is 6.58. The van der Waals surface area contributed by atoms with Crippen molar-refractivity contribution in [2.45, 2.75) is 53.4 Å². The maximum Gasteiger partial charge on any atom is -0.00197 e. The van der Waals surface area contributed by atoms with Gasteiger partial charge in [-0.25, -0.2) is 0 Å². The summed E-state index contributed by atoms with van der Waals surface area (Å²) in [5, 5.41) is 21.8. The topological polar surface area (TPSA) is 0 Å². The van der Waals surface area contributed by atoms with Gasteiger partial charge in [0.15, 0.2) is 0 Å². The molecule has 11 rings (SSSR count). The van der Waals surface area contributed by atoms with E-state index in [2.05, 4.69) is 175 Å². The van der Waals surface area contributed by atoms with Crippen molar-refractivity contribution in [3.05, 3.63) is 156 Å². The summed E-state index contributed by atoms with van der Waals surface area (Å²) in [5.41, 5.74) is 10.4. The van der Waals surface area contributed by atoms with Crippen molar-refractivity contribution in [3.63, 3.8) is 0 Å². The Balaban J connectivity index is 1.26. The molecule has 0 spiro atoms. The van der Waals surface area contributed by atoms with Crippen molar-refractivity contribution in [1.29, 1.82) is 0 Å². The van der Waals surface area contributed by atoms with Crippen molar-refractivity contribution in [2.24, 2.45) is 0 Å². The molecule has 0 atom stereocenters. The van der Waals surface area contributed by atoms with E-state index < -0.39 is 0 Å². The first-order chi connectivity index (χ1) is 26.2. The molecule has 0 N–H and O–H groups in total. The van der Waals surface area contributed by atoms with E-state index in [0.717, 1.165) is 0 Å². The molecule has 0 heteroatoms. The number of hydrogen-bond donors (Lipinski definition) is 0. The number of benzene rings is 9. The largest absolute Gasteiger partial charge is 0.0587 e. The highest BCUT2D eigenvalue weighted by atomic mass is 14.2. The molecule has 0 radical (unpaired) electrons. The highest BCUT2D eigenvalue weighted by Gasteiger charge is 2.21. The molecule has 11 aromatic carbocycles. The molecule has 0 aliphatic rings. The lowest BCUT2D eigenvalue weighted by Gasteiger charge is -2.15. The molecule has 0 saturated carbocycles. The molecule has 0 fully saturated rings. The summed E-state index contributed by atoms with van der Waals surface area (Å²) in [6, 6.07) is 52.0. The first kappa shape index (κ1) is 31.5. The van der Waals surface area contributed by atoms with E-state index in [1.54, 1.807) is 0 Å². The molecule has 11 aromatic rings. The van der Waals surface area contributed by atoms with E-state index in [9.17, 15) is 0 Å². The number of rotatable bonds is 4. The van der Waals surface area contributed by atoms with Crippen LogP contribution >= 0.6 is 0 Å². The Morgan fingerprint density at radius 3 is 0.889 bits per heavy atom. The molecule has 0 aliphatic heterocycles. The monoisotopic (exact) mass is 690 g/mol. The van der Waals surface area contributed by atoms with E-state index in [1.807, 2.05) is 0 Å². The zero-order valence-electron chi connectivity index (χ0n) is 31.9. The van der Waals surface area contributed by atoms with Gasteiger partial charge in [0, 0.05) is 0 Å². The standard InChI is InChI=1S/C54H42/c1-29(2)37-23-47-41-19-20-42-46(45(41)27-51-39-17-15-35(33-11-7-31(5)8-12-33)21-43(39)49(25-37)53(47)51)28-52-40-18-16-36(34-13-9-32(6)10-14-34)22-44(40)50-26-38(30(3)4)24-48(42)54(50)52/h7-30H,1-6H3. The maximum atomic E-state index is 2.53. The van der Waals surface area contributed by atoms with E-state index in [1.165, 1.54) is 131 Å². The van der Waals surface area contributed by atoms with Gasteiger partial charge in [0.05, 0.1) is 0 Å². The average Bonchev–Trinajstić information content (AvgIpc) is 3.67. The quantitative estimate of drug-likeness (QED) is 0.161. The summed E-state index contributed by atoms with van der Waals surface area (Å²) >= 11 is 0. The fourth-order valence-corrected chi connectivity index (χ4v) is 9.56. The van der Waals surface area contributed by atoms with Gasteiger partial charge in [-0.15, -0.1) is 0 Å². The van der Waals surface area contributed by atoms with Crippen LogP contribution in [0.1, 0.15) is 61.8 Å². The van der Waals surface area contributed by atoms with Gasteiger partial charge in [-0.3, -0.25) is 0 Å². The van der Waals surface area contributed by atoms with Gasteiger partial charge in [0.2, 0.25) is 0 Å². The molecule has 0 nitrogen and oxygen atoms in total. The first-order valence-electron chi connectivity index (χ1n) is 19.6. The molecular formula is C54H42. The van der Waals surface area contributed by atoms with Gasteiger partial charge in [-0.05, 0) is 170 Å². The Labute approximate surface area is 316 Å². The number of fused-ring (bicyclic) bond motifs is 11. The molecule has 0 heterocycles. The Morgan fingerprint density at radius 1 is 0.259 bits per heavy atom. The summed E-state index contributed by atoms with van der Waals surface area (Å²) < 4.78 is 0. The second-order valence-electron chi connectivity index (χ2n) is 16.6. The lowest BCUT2D eigenvalue weighted by molar-refractivity contribution is 0.870. The lowest BCUT2D eigenvalue weighted by Crippen LogP contribution is -1.90. The smallest absolute Gasteiger partial charge is 0.00197 e. The van der Waals surface area contributed by atoms with Crippen LogP contribution in [0.15, 0.2) is 133 Å². The van der Waals surface area contributed by atoms with Crippen molar-refractivity contribution < 1.29 is 0 Å². The van der Waals surface area contributed by atoms with Gasteiger partial charge < -0.3 is 0 Å². The zero-order valence-corrected chi connectivity index (χ0v) is 31.9. The van der Waals surface area contributed by atoms with Crippen LogP contribution in [-0.4, -0.2) is 0 Å². The molecule has 258 valence electrons. The number of aryl methyl sites for hydroxylation is 2. The summed E-state index contributed by atoms with van der Waals surface area (Å²) in [7, 11) is 0. The minimum Gasteiger partial charge on any atom is -0.0587 e.